The van der Waals surface area contributed by atoms with Gasteiger partial charge in [-0.15, -0.1) is 0 Å². The van der Waals surface area contributed by atoms with Gasteiger partial charge in [0.1, 0.15) is 5.82 Å². The van der Waals surface area contributed by atoms with E-state index in [9.17, 15) is 12.8 Å². The summed E-state index contributed by atoms with van der Waals surface area (Å²) in [6.45, 7) is 0. The fourth-order valence-electron chi connectivity index (χ4n) is 3.19. The first kappa shape index (κ1) is 13.5. The smallest absolute Gasteiger partial charge is 0.207 e. The van der Waals surface area contributed by atoms with Crippen LogP contribution in [0.2, 0.25) is 0 Å². The zero-order chi connectivity index (χ0) is 13.6. The van der Waals surface area contributed by atoms with Gasteiger partial charge in [0, 0.05) is 16.9 Å². The molecule has 6 heteroatoms. The third kappa shape index (κ3) is 2.34. The van der Waals surface area contributed by atoms with Crippen LogP contribution in [0.4, 0.5) is 4.39 Å². The van der Waals surface area contributed by atoms with E-state index in [0.717, 1.165) is 25.7 Å². The van der Waals surface area contributed by atoms with Crippen LogP contribution in [0, 0.1) is 5.82 Å². The van der Waals surface area contributed by atoms with E-state index in [2.05, 4.69) is 15.9 Å². The molecule has 0 saturated carbocycles. The average Bonchev–Trinajstić information content (AvgIpc) is 2.64. The first-order valence-corrected chi connectivity index (χ1v) is 8.77. The predicted octanol–water partition coefficient (Wildman–Crippen LogP) is 2.90. The molecule has 0 radical (unpaired) electrons. The van der Waals surface area contributed by atoms with Gasteiger partial charge in [0.05, 0.1) is 4.90 Å². The molecule has 2 aliphatic rings. The van der Waals surface area contributed by atoms with Crippen LogP contribution in [0.15, 0.2) is 29.2 Å². The van der Waals surface area contributed by atoms with E-state index in [1.807, 2.05) is 0 Å². The van der Waals surface area contributed by atoms with Gasteiger partial charge in [0.15, 0.2) is 0 Å². The number of sulfonamides is 1. The summed E-state index contributed by atoms with van der Waals surface area (Å²) < 4.78 is 39.9. The monoisotopic (exact) mass is 347 g/mol. The minimum atomic E-state index is -3.49. The van der Waals surface area contributed by atoms with Crippen molar-refractivity contribution in [3.8, 4) is 0 Å². The second kappa shape index (κ2) is 4.82. The summed E-state index contributed by atoms with van der Waals surface area (Å²) in [5.41, 5.74) is 0. The quantitative estimate of drug-likeness (QED) is 0.771. The molecule has 3 rings (SSSR count). The number of nitrogens with zero attached hydrogens (tertiary/aromatic N) is 1. The summed E-state index contributed by atoms with van der Waals surface area (Å²) in [5, 5.41) is 0. The maximum Gasteiger partial charge on any atom is 0.243 e. The lowest BCUT2D eigenvalue weighted by Gasteiger charge is -2.36. The van der Waals surface area contributed by atoms with Crippen molar-refractivity contribution >= 4 is 26.0 Å². The summed E-state index contributed by atoms with van der Waals surface area (Å²) in [6, 6.07) is 5.27. The Morgan fingerprint density at radius 3 is 2.16 bits per heavy atom. The largest absolute Gasteiger partial charge is 0.243 e. The second-order valence-electron chi connectivity index (χ2n) is 5.24. The van der Waals surface area contributed by atoms with Crippen molar-refractivity contribution in [3.63, 3.8) is 0 Å². The van der Waals surface area contributed by atoms with Gasteiger partial charge in [-0.1, -0.05) is 15.9 Å². The minimum absolute atomic E-state index is 0.0816. The molecule has 0 aliphatic carbocycles. The van der Waals surface area contributed by atoms with Crippen molar-refractivity contribution in [2.24, 2.45) is 0 Å². The van der Waals surface area contributed by atoms with Gasteiger partial charge in [-0.2, -0.15) is 4.31 Å². The average molecular weight is 348 g/mol. The van der Waals surface area contributed by atoms with E-state index in [0.29, 0.717) is 4.83 Å². The zero-order valence-electron chi connectivity index (χ0n) is 10.3. The van der Waals surface area contributed by atoms with Crippen LogP contribution in [0.1, 0.15) is 25.7 Å². The van der Waals surface area contributed by atoms with Gasteiger partial charge in [0.25, 0.3) is 0 Å². The van der Waals surface area contributed by atoms with Crippen molar-refractivity contribution in [1.29, 1.82) is 0 Å². The molecule has 2 saturated heterocycles. The van der Waals surface area contributed by atoms with Crippen LogP contribution in [0.5, 0.6) is 0 Å². The Hall–Kier alpha value is -0.460. The number of piperidine rings is 1. The minimum Gasteiger partial charge on any atom is -0.207 e. The lowest BCUT2D eigenvalue weighted by atomic mass is 10.1. The van der Waals surface area contributed by atoms with E-state index in [4.69, 9.17) is 0 Å². The number of halogens is 2. The highest BCUT2D eigenvalue weighted by Crippen LogP contribution is 2.41. The highest BCUT2D eigenvalue weighted by molar-refractivity contribution is 9.09. The van der Waals surface area contributed by atoms with Crippen molar-refractivity contribution in [3.05, 3.63) is 30.1 Å². The molecular formula is C13H15BrFNO2S. The molecule has 0 aromatic heterocycles. The SMILES string of the molecule is O=S(=O)(c1ccc(F)cc1)N1C2CCC1CC(Br)C2. The van der Waals surface area contributed by atoms with Crippen molar-refractivity contribution in [1.82, 2.24) is 4.31 Å². The Labute approximate surface area is 121 Å². The molecule has 0 amide bonds. The Morgan fingerprint density at radius 2 is 1.63 bits per heavy atom. The first-order valence-electron chi connectivity index (χ1n) is 6.41. The molecule has 1 aromatic rings. The molecule has 104 valence electrons. The summed E-state index contributed by atoms with van der Waals surface area (Å²) in [6.07, 6.45) is 3.56. The molecule has 0 spiro atoms. The predicted molar refractivity (Wildman–Crippen MR) is 74.2 cm³/mol. The number of hydrogen-bond donors (Lipinski definition) is 0. The first-order chi connectivity index (χ1) is 8.98. The lowest BCUT2D eigenvalue weighted by Crippen LogP contribution is -2.46. The maximum atomic E-state index is 12.9. The number of benzene rings is 1. The fraction of sp³-hybridized carbons (Fsp3) is 0.538. The highest BCUT2D eigenvalue weighted by atomic mass is 79.9. The lowest BCUT2D eigenvalue weighted by molar-refractivity contribution is 0.255. The van der Waals surface area contributed by atoms with Gasteiger partial charge in [0.2, 0.25) is 10.0 Å². The van der Waals surface area contributed by atoms with E-state index < -0.39 is 15.8 Å². The van der Waals surface area contributed by atoms with Crippen LogP contribution < -0.4 is 0 Å². The van der Waals surface area contributed by atoms with Crippen LogP contribution in [-0.4, -0.2) is 29.6 Å². The normalized spacial score (nSPS) is 31.6. The number of rotatable bonds is 2. The van der Waals surface area contributed by atoms with Crippen molar-refractivity contribution < 1.29 is 12.8 Å². The fourth-order valence-corrected chi connectivity index (χ4v) is 5.94. The van der Waals surface area contributed by atoms with Gasteiger partial charge in [-0.25, -0.2) is 12.8 Å². The Morgan fingerprint density at radius 1 is 1.11 bits per heavy atom. The molecule has 3 nitrogen and oxygen atoms in total. The van der Waals surface area contributed by atoms with Crippen LogP contribution in [0.25, 0.3) is 0 Å². The molecule has 2 atom stereocenters. The molecule has 0 N–H and O–H groups in total. The summed E-state index contributed by atoms with van der Waals surface area (Å²) in [7, 11) is -3.49. The molecule has 2 aliphatic heterocycles. The molecule has 1 aromatic carbocycles. The van der Waals surface area contributed by atoms with Gasteiger partial charge >= 0.3 is 0 Å². The summed E-state index contributed by atoms with van der Waals surface area (Å²) in [5.74, 6) is -0.416. The van der Waals surface area contributed by atoms with Gasteiger partial charge < -0.3 is 0 Å². The van der Waals surface area contributed by atoms with E-state index in [1.165, 1.54) is 24.3 Å². The van der Waals surface area contributed by atoms with Crippen molar-refractivity contribution in [2.75, 3.05) is 0 Å². The summed E-state index contributed by atoms with van der Waals surface area (Å²) >= 11 is 3.60. The second-order valence-corrected chi connectivity index (χ2v) is 8.38. The number of hydrogen-bond acceptors (Lipinski definition) is 2. The number of fused-ring (bicyclic) bond motifs is 2. The molecule has 2 bridgehead atoms. The third-order valence-electron chi connectivity index (χ3n) is 4.00. The topological polar surface area (TPSA) is 37.4 Å². The molecule has 2 unspecified atom stereocenters. The highest BCUT2D eigenvalue weighted by Gasteiger charge is 2.46. The van der Waals surface area contributed by atoms with Crippen LogP contribution >= 0.6 is 15.9 Å². The molecule has 2 heterocycles. The van der Waals surface area contributed by atoms with Gasteiger partial charge in [-0.3, -0.25) is 0 Å². The Balaban J connectivity index is 1.95. The van der Waals surface area contributed by atoms with Gasteiger partial charge in [-0.05, 0) is 49.9 Å². The molecular weight excluding hydrogens is 333 g/mol. The van der Waals surface area contributed by atoms with E-state index in [1.54, 1.807) is 4.31 Å². The Bertz CT molecular complexity index is 561. The zero-order valence-corrected chi connectivity index (χ0v) is 12.7. The third-order valence-corrected chi connectivity index (χ3v) is 6.76. The standard InChI is InChI=1S/C13H15BrFNO2S/c14-9-7-11-3-4-12(8-9)16(11)19(17,18)13-5-1-10(15)2-6-13/h1-2,5-6,9,11-12H,3-4,7-8H2. The van der Waals surface area contributed by atoms with Crippen molar-refractivity contribution in [2.45, 2.75) is 47.5 Å². The summed E-state index contributed by atoms with van der Waals surface area (Å²) in [4.78, 5) is 0.600. The van der Waals surface area contributed by atoms with E-state index >= 15 is 0 Å². The van der Waals surface area contributed by atoms with Crippen LogP contribution in [0.3, 0.4) is 0 Å². The van der Waals surface area contributed by atoms with E-state index in [-0.39, 0.29) is 17.0 Å². The molecule has 19 heavy (non-hydrogen) atoms. The van der Waals surface area contributed by atoms with Crippen LogP contribution in [-0.2, 0) is 10.0 Å². The Kier molecular flexibility index (Phi) is 3.43. The number of alkyl halides is 1. The maximum absolute atomic E-state index is 12.9. The molecule has 2 fully saturated rings.